The summed E-state index contributed by atoms with van der Waals surface area (Å²) in [5.41, 5.74) is 2.74. The molecule has 19 heavy (non-hydrogen) atoms. The fourth-order valence-corrected chi connectivity index (χ4v) is 3.18. The third-order valence-electron chi connectivity index (χ3n) is 4.42. The molecule has 0 amide bonds. The molecule has 1 aromatic carbocycles. The number of nitrogens with zero attached hydrogens (tertiary/aromatic N) is 1. The van der Waals surface area contributed by atoms with Crippen molar-refractivity contribution in [3.63, 3.8) is 0 Å². The molecule has 0 saturated carbocycles. The van der Waals surface area contributed by atoms with Crippen LogP contribution in [0.2, 0.25) is 0 Å². The van der Waals surface area contributed by atoms with Gasteiger partial charge in [-0.05, 0) is 58.7 Å². The Morgan fingerprint density at radius 2 is 2.11 bits per heavy atom. The standard InChI is InChI=1S/C17H28N2/c1-13-7-5-8-16(11-13)14(2)18-15(3)17-9-6-10-19(4)12-17/h5,7-8,11,14-15,17-18H,6,9-10,12H2,1-4H3/t14-,15?,17?/m0/s1. The van der Waals surface area contributed by atoms with Crippen molar-refractivity contribution in [2.45, 2.75) is 45.7 Å². The van der Waals surface area contributed by atoms with E-state index in [4.69, 9.17) is 0 Å². The third kappa shape index (κ3) is 4.05. The maximum Gasteiger partial charge on any atom is 0.0294 e. The van der Waals surface area contributed by atoms with Crippen LogP contribution in [0.15, 0.2) is 24.3 Å². The largest absolute Gasteiger partial charge is 0.307 e. The summed E-state index contributed by atoms with van der Waals surface area (Å²) >= 11 is 0. The first kappa shape index (κ1) is 14.5. The molecule has 0 spiro atoms. The van der Waals surface area contributed by atoms with E-state index in [9.17, 15) is 0 Å². The van der Waals surface area contributed by atoms with Gasteiger partial charge in [-0.2, -0.15) is 0 Å². The second-order valence-corrected chi connectivity index (χ2v) is 6.26. The topological polar surface area (TPSA) is 15.3 Å². The number of rotatable bonds is 4. The Kier molecular flexibility index (Phi) is 5.00. The van der Waals surface area contributed by atoms with Crippen LogP contribution in [0.1, 0.15) is 43.9 Å². The highest BCUT2D eigenvalue weighted by Crippen LogP contribution is 2.21. The maximum absolute atomic E-state index is 3.79. The van der Waals surface area contributed by atoms with Crippen molar-refractivity contribution in [2.24, 2.45) is 5.92 Å². The minimum atomic E-state index is 0.433. The lowest BCUT2D eigenvalue weighted by Gasteiger charge is -2.35. The van der Waals surface area contributed by atoms with Gasteiger partial charge in [0.15, 0.2) is 0 Å². The fraction of sp³-hybridized carbons (Fsp3) is 0.647. The van der Waals surface area contributed by atoms with Crippen molar-refractivity contribution in [1.29, 1.82) is 0 Å². The van der Waals surface area contributed by atoms with E-state index in [0.717, 1.165) is 5.92 Å². The summed E-state index contributed by atoms with van der Waals surface area (Å²) in [4.78, 5) is 2.46. The molecule has 2 nitrogen and oxygen atoms in total. The molecule has 1 aliphatic rings. The Balaban J connectivity index is 1.92. The molecule has 1 aromatic rings. The van der Waals surface area contributed by atoms with E-state index in [0.29, 0.717) is 12.1 Å². The van der Waals surface area contributed by atoms with Gasteiger partial charge >= 0.3 is 0 Å². The molecule has 0 aromatic heterocycles. The molecule has 2 rings (SSSR count). The van der Waals surface area contributed by atoms with Crippen molar-refractivity contribution >= 4 is 0 Å². The molecule has 106 valence electrons. The van der Waals surface area contributed by atoms with Crippen molar-refractivity contribution in [3.8, 4) is 0 Å². The van der Waals surface area contributed by atoms with Crippen LogP contribution in [0.3, 0.4) is 0 Å². The van der Waals surface area contributed by atoms with Crippen LogP contribution in [0.4, 0.5) is 0 Å². The summed E-state index contributed by atoms with van der Waals surface area (Å²) < 4.78 is 0. The van der Waals surface area contributed by atoms with Crippen LogP contribution in [0.5, 0.6) is 0 Å². The quantitative estimate of drug-likeness (QED) is 0.893. The van der Waals surface area contributed by atoms with E-state index in [2.05, 4.69) is 62.3 Å². The molecule has 0 bridgehead atoms. The number of aryl methyl sites for hydroxylation is 1. The minimum absolute atomic E-state index is 0.433. The number of piperidine rings is 1. The van der Waals surface area contributed by atoms with Crippen LogP contribution < -0.4 is 5.32 Å². The second kappa shape index (κ2) is 6.53. The predicted molar refractivity (Wildman–Crippen MR) is 82.4 cm³/mol. The van der Waals surface area contributed by atoms with Crippen molar-refractivity contribution in [2.75, 3.05) is 20.1 Å². The van der Waals surface area contributed by atoms with Crippen LogP contribution in [-0.4, -0.2) is 31.1 Å². The first-order chi connectivity index (χ1) is 9.06. The van der Waals surface area contributed by atoms with Gasteiger partial charge in [0, 0.05) is 18.6 Å². The SMILES string of the molecule is Cc1cccc([C@H](C)NC(C)C2CCCN(C)C2)c1. The first-order valence-electron chi connectivity index (χ1n) is 7.57. The number of hydrogen-bond donors (Lipinski definition) is 1. The summed E-state index contributed by atoms with van der Waals surface area (Å²) in [6.07, 6.45) is 2.70. The van der Waals surface area contributed by atoms with Crippen molar-refractivity contribution in [3.05, 3.63) is 35.4 Å². The van der Waals surface area contributed by atoms with Crippen molar-refractivity contribution < 1.29 is 0 Å². The van der Waals surface area contributed by atoms with Gasteiger partial charge in [-0.25, -0.2) is 0 Å². The number of likely N-dealkylation sites (tertiary alicyclic amines) is 1. The van der Waals surface area contributed by atoms with Crippen LogP contribution in [-0.2, 0) is 0 Å². The van der Waals surface area contributed by atoms with Crippen LogP contribution in [0.25, 0.3) is 0 Å². The smallest absolute Gasteiger partial charge is 0.0294 e. The van der Waals surface area contributed by atoms with Crippen LogP contribution >= 0.6 is 0 Å². The average molecular weight is 260 g/mol. The monoisotopic (exact) mass is 260 g/mol. The Morgan fingerprint density at radius 1 is 1.32 bits per heavy atom. The summed E-state index contributed by atoms with van der Waals surface area (Å²) in [6, 6.07) is 9.85. The molecule has 0 radical (unpaired) electrons. The summed E-state index contributed by atoms with van der Waals surface area (Å²) in [5.74, 6) is 0.783. The molecule has 3 atom stereocenters. The lowest BCUT2D eigenvalue weighted by atomic mass is 9.91. The van der Waals surface area contributed by atoms with Gasteiger partial charge < -0.3 is 10.2 Å². The number of hydrogen-bond acceptors (Lipinski definition) is 2. The van der Waals surface area contributed by atoms with Gasteiger partial charge in [-0.15, -0.1) is 0 Å². The fourth-order valence-electron chi connectivity index (χ4n) is 3.18. The highest BCUT2D eigenvalue weighted by molar-refractivity contribution is 5.24. The van der Waals surface area contributed by atoms with Gasteiger partial charge in [-0.3, -0.25) is 0 Å². The molecular weight excluding hydrogens is 232 g/mol. The van der Waals surface area contributed by atoms with E-state index >= 15 is 0 Å². The minimum Gasteiger partial charge on any atom is -0.307 e. The Morgan fingerprint density at radius 3 is 2.79 bits per heavy atom. The lowest BCUT2D eigenvalue weighted by molar-refractivity contribution is 0.174. The Hall–Kier alpha value is -0.860. The molecule has 1 fully saturated rings. The Labute approximate surface area is 118 Å². The van der Waals surface area contributed by atoms with Gasteiger partial charge in [0.25, 0.3) is 0 Å². The second-order valence-electron chi connectivity index (χ2n) is 6.26. The zero-order valence-corrected chi connectivity index (χ0v) is 12.8. The summed E-state index contributed by atoms with van der Waals surface area (Å²) in [6.45, 7) is 9.27. The summed E-state index contributed by atoms with van der Waals surface area (Å²) in [7, 11) is 2.24. The first-order valence-corrected chi connectivity index (χ1v) is 7.57. The van der Waals surface area contributed by atoms with E-state index in [1.165, 1.54) is 37.1 Å². The molecule has 2 heteroatoms. The molecule has 1 N–H and O–H groups in total. The molecule has 1 saturated heterocycles. The van der Waals surface area contributed by atoms with Crippen LogP contribution in [0, 0.1) is 12.8 Å². The van der Waals surface area contributed by atoms with E-state index in [-0.39, 0.29) is 0 Å². The lowest BCUT2D eigenvalue weighted by Crippen LogP contribution is -2.43. The molecule has 2 unspecified atom stereocenters. The summed E-state index contributed by atoms with van der Waals surface area (Å²) in [5, 5.41) is 3.79. The van der Waals surface area contributed by atoms with E-state index < -0.39 is 0 Å². The zero-order chi connectivity index (χ0) is 13.8. The zero-order valence-electron chi connectivity index (χ0n) is 12.8. The normalized spacial score (nSPS) is 24.1. The molecule has 1 aliphatic heterocycles. The molecule has 1 heterocycles. The van der Waals surface area contributed by atoms with Gasteiger partial charge in [-0.1, -0.05) is 29.8 Å². The molecule has 0 aliphatic carbocycles. The number of benzene rings is 1. The van der Waals surface area contributed by atoms with Gasteiger partial charge in [0.1, 0.15) is 0 Å². The Bertz CT molecular complexity index is 402. The molecular formula is C17H28N2. The third-order valence-corrected chi connectivity index (χ3v) is 4.42. The van der Waals surface area contributed by atoms with Gasteiger partial charge in [0.2, 0.25) is 0 Å². The van der Waals surface area contributed by atoms with E-state index in [1.807, 2.05) is 0 Å². The average Bonchev–Trinajstić information content (AvgIpc) is 2.38. The predicted octanol–water partition coefficient (Wildman–Crippen LogP) is 3.38. The highest BCUT2D eigenvalue weighted by atomic mass is 15.1. The maximum atomic E-state index is 3.79. The van der Waals surface area contributed by atoms with E-state index in [1.54, 1.807) is 0 Å². The van der Waals surface area contributed by atoms with Gasteiger partial charge in [0.05, 0.1) is 0 Å². The van der Waals surface area contributed by atoms with Crippen molar-refractivity contribution in [1.82, 2.24) is 10.2 Å². The number of nitrogens with one attached hydrogen (secondary N) is 1. The highest BCUT2D eigenvalue weighted by Gasteiger charge is 2.23.